The molecule has 0 fully saturated rings. The third-order valence-electron chi connectivity index (χ3n) is 6.35. The molecule has 3 aromatic carbocycles. The Bertz CT molecular complexity index is 1700. The number of aromatic nitrogens is 1. The third-order valence-corrected chi connectivity index (χ3v) is 6.35. The Hall–Kier alpha value is -5.03. The first kappa shape index (κ1) is 21.5. The number of carbonyl (C=O) groups is 3. The van der Waals surface area contributed by atoms with Crippen LogP contribution in [0.4, 0.5) is 5.69 Å². The van der Waals surface area contributed by atoms with Gasteiger partial charge in [-0.15, -0.1) is 0 Å². The normalized spacial score (nSPS) is 12.6. The van der Waals surface area contributed by atoms with Crippen LogP contribution in [-0.4, -0.2) is 21.9 Å². The van der Waals surface area contributed by atoms with Crippen molar-refractivity contribution in [3.05, 3.63) is 142 Å². The van der Waals surface area contributed by atoms with Gasteiger partial charge in [0, 0.05) is 23.0 Å². The Morgan fingerprint density at radius 1 is 0.694 bits per heavy atom. The van der Waals surface area contributed by atoms with Gasteiger partial charge >= 0.3 is 0 Å². The van der Waals surface area contributed by atoms with Crippen LogP contribution in [0.5, 0.6) is 0 Å². The Kier molecular flexibility index (Phi) is 5.16. The van der Waals surface area contributed by atoms with Crippen LogP contribution in [0.1, 0.15) is 53.5 Å². The van der Waals surface area contributed by atoms with Gasteiger partial charge in [-0.3, -0.25) is 14.4 Å². The maximum Gasteiger partial charge on any atom is 0.258 e. The fourth-order valence-electron chi connectivity index (χ4n) is 4.66. The number of rotatable bonds is 4. The van der Waals surface area contributed by atoms with Crippen molar-refractivity contribution in [2.75, 3.05) is 5.32 Å². The van der Waals surface area contributed by atoms with Crippen LogP contribution >= 0.6 is 0 Å². The van der Waals surface area contributed by atoms with Crippen LogP contribution in [0.15, 0.2) is 103 Å². The summed E-state index contributed by atoms with van der Waals surface area (Å²) < 4.78 is 1.66. The van der Waals surface area contributed by atoms with Gasteiger partial charge in [0.15, 0.2) is 5.78 Å². The number of fused-ring (bicyclic) bond motifs is 4. The molecule has 0 aliphatic heterocycles. The minimum Gasteiger partial charge on any atom is -0.322 e. The highest BCUT2D eigenvalue weighted by Gasteiger charge is 2.37. The maximum atomic E-state index is 13.6. The average molecular weight is 469 g/mol. The Balaban J connectivity index is 1.55. The lowest BCUT2D eigenvalue weighted by atomic mass is 9.86. The summed E-state index contributed by atoms with van der Waals surface area (Å²) in [4.78, 5) is 40.8. The van der Waals surface area contributed by atoms with Gasteiger partial charge in [-0.05, 0) is 35.4 Å². The predicted molar refractivity (Wildman–Crippen MR) is 140 cm³/mol. The number of para-hydroxylation sites is 1. The predicted octanol–water partition coefficient (Wildman–Crippen LogP) is 6.14. The quantitative estimate of drug-likeness (QED) is 0.338. The van der Waals surface area contributed by atoms with Gasteiger partial charge in [-0.2, -0.15) is 0 Å². The lowest BCUT2D eigenvalue weighted by Gasteiger charge is -2.15. The van der Waals surface area contributed by atoms with Crippen molar-refractivity contribution >= 4 is 40.8 Å². The van der Waals surface area contributed by atoms with Crippen LogP contribution in [0.2, 0.25) is 0 Å². The van der Waals surface area contributed by atoms with Gasteiger partial charge in [0.25, 0.3) is 5.91 Å². The van der Waals surface area contributed by atoms with Crippen molar-refractivity contribution in [3.63, 3.8) is 0 Å². The highest BCUT2D eigenvalue weighted by molar-refractivity contribution is 6.32. The summed E-state index contributed by atoms with van der Waals surface area (Å²) in [5.41, 5.74) is 4.17. The molecule has 5 aromatic rings. The van der Waals surface area contributed by atoms with E-state index >= 15 is 0 Å². The first-order valence-corrected chi connectivity index (χ1v) is 11.6. The summed E-state index contributed by atoms with van der Waals surface area (Å²) in [6.07, 6.45) is 5.67. The number of carbonyl (C=O) groups excluding carboxylic acids is 3. The molecule has 0 saturated carbocycles. The number of benzene rings is 3. The monoisotopic (exact) mass is 468 g/mol. The summed E-state index contributed by atoms with van der Waals surface area (Å²) in [5, 5.41) is 2.89. The second-order valence-electron chi connectivity index (χ2n) is 8.58. The van der Waals surface area contributed by atoms with Gasteiger partial charge in [0.1, 0.15) is 5.69 Å². The van der Waals surface area contributed by atoms with Gasteiger partial charge in [-0.1, -0.05) is 84.9 Å². The number of hydrogen-bond acceptors (Lipinski definition) is 3. The molecule has 2 aromatic heterocycles. The van der Waals surface area contributed by atoms with Crippen LogP contribution in [0.25, 0.3) is 17.7 Å². The van der Waals surface area contributed by atoms with Gasteiger partial charge in [0.05, 0.1) is 16.6 Å². The van der Waals surface area contributed by atoms with Gasteiger partial charge in [-0.25, -0.2) is 0 Å². The number of ketones is 2. The third kappa shape index (κ3) is 3.54. The van der Waals surface area contributed by atoms with Crippen LogP contribution < -0.4 is 5.32 Å². The van der Waals surface area contributed by atoms with Gasteiger partial charge < -0.3 is 9.72 Å². The average Bonchev–Trinajstić information content (AvgIpc) is 3.27. The highest BCUT2D eigenvalue weighted by Crippen LogP contribution is 2.34. The lowest BCUT2D eigenvalue weighted by molar-refractivity contribution is 0.0969. The van der Waals surface area contributed by atoms with E-state index in [1.165, 1.54) is 0 Å². The first-order chi connectivity index (χ1) is 17.6. The smallest absolute Gasteiger partial charge is 0.258 e. The number of amides is 1. The van der Waals surface area contributed by atoms with E-state index in [0.29, 0.717) is 22.3 Å². The molecule has 36 heavy (non-hydrogen) atoms. The van der Waals surface area contributed by atoms with E-state index < -0.39 is 5.91 Å². The van der Waals surface area contributed by atoms with E-state index in [-0.39, 0.29) is 28.4 Å². The molecular weight excluding hydrogens is 448 g/mol. The fourth-order valence-corrected chi connectivity index (χ4v) is 4.66. The van der Waals surface area contributed by atoms with Crippen molar-refractivity contribution in [3.8, 4) is 0 Å². The summed E-state index contributed by atoms with van der Waals surface area (Å²) in [7, 11) is 0. The summed E-state index contributed by atoms with van der Waals surface area (Å²) in [6.45, 7) is 0. The molecule has 0 radical (unpaired) electrons. The SMILES string of the molecule is O=C1c2ccccc2C(=O)c2c1c(C(=O)Nc1ccccc1)c1cc(C=Cc3ccccc3)ccn21. The first-order valence-electron chi connectivity index (χ1n) is 11.6. The molecule has 0 bridgehead atoms. The topological polar surface area (TPSA) is 67.7 Å². The van der Waals surface area contributed by atoms with E-state index in [1.54, 1.807) is 47.0 Å². The highest BCUT2D eigenvalue weighted by atomic mass is 16.2. The molecule has 2 heterocycles. The Morgan fingerprint density at radius 2 is 1.31 bits per heavy atom. The molecule has 5 heteroatoms. The van der Waals surface area contributed by atoms with Crippen molar-refractivity contribution in [1.29, 1.82) is 0 Å². The van der Waals surface area contributed by atoms with Crippen LogP contribution in [-0.2, 0) is 0 Å². The number of pyridine rings is 1. The fraction of sp³-hybridized carbons (Fsp3) is 0. The van der Waals surface area contributed by atoms with E-state index in [1.807, 2.05) is 72.8 Å². The second kappa shape index (κ2) is 8.64. The number of nitrogens with one attached hydrogen (secondary N) is 1. The molecule has 0 saturated heterocycles. The van der Waals surface area contributed by atoms with E-state index in [0.717, 1.165) is 11.1 Å². The molecule has 172 valence electrons. The lowest BCUT2D eigenvalue weighted by Crippen LogP contribution is -2.23. The Labute approximate surface area is 207 Å². The molecule has 1 amide bonds. The van der Waals surface area contributed by atoms with Crippen molar-refractivity contribution in [2.24, 2.45) is 0 Å². The minimum absolute atomic E-state index is 0.135. The summed E-state index contributed by atoms with van der Waals surface area (Å²) >= 11 is 0. The largest absolute Gasteiger partial charge is 0.322 e. The number of nitrogens with zero attached hydrogens (tertiary/aromatic N) is 1. The molecular formula is C31H20N2O3. The zero-order valence-corrected chi connectivity index (χ0v) is 19.1. The molecule has 1 aliphatic carbocycles. The van der Waals surface area contributed by atoms with Crippen molar-refractivity contribution in [2.45, 2.75) is 0 Å². The molecule has 5 nitrogen and oxygen atoms in total. The van der Waals surface area contributed by atoms with Crippen molar-refractivity contribution < 1.29 is 14.4 Å². The minimum atomic E-state index is -0.440. The Morgan fingerprint density at radius 3 is 2.03 bits per heavy atom. The van der Waals surface area contributed by atoms with Gasteiger partial charge in [0.2, 0.25) is 5.78 Å². The second-order valence-corrected chi connectivity index (χ2v) is 8.58. The molecule has 6 rings (SSSR count). The van der Waals surface area contributed by atoms with E-state index in [4.69, 9.17) is 0 Å². The zero-order chi connectivity index (χ0) is 24.6. The van der Waals surface area contributed by atoms with Crippen LogP contribution in [0.3, 0.4) is 0 Å². The molecule has 1 aliphatic rings. The standard InChI is InChI=1S/C31H20N2O3/c34-29-23-13-7-8-14-24(23)30(35)28-27(29)26(31(36)32-22-11-5-2-6-12-22)25-19-21(17-18-33(25)28)16-15-20-9-3-1-4-10-20/h1-19H,(H,32,36). The van der Waals surface area contributed by atoms with Crippen molar-refractivity contribution in [1.82, 2.24) is 4.40 Å². The zero-order valence-electron chi connectivity index (χ0n) is 19.1. The summed E-state index contributed by atoms with van der Waals surface area (Å²) in [5.74, 6) is -1.05. The molecule has 0 atom stereocenters. The maximum absolute atomic E-state index is 13.6. The molecule has 0 unspecified atom stereocenters. The van der Waals surface area contributed by atoms with E-state index in [2.05, 4.69) is 5.32 Å². The molecule has 0 spiro atoms. The summed E-state index contributed by atoms with van der Waals surface area (Å²) in [6, 6.07) is 29.4. The van der Waals surface area contributed by atoms with E-state index in [9.17, 15) is 14.4 Å². The number of anilines is 1. The number of hydrogen-bond donors (Lipinski definition) is 1. The van der Waals surface area contributed by atoms with Crippen LogP contribution in [0, 0.1) is 0 Å². The molecule has 1 N–H and O–H groups in total.